The predicted octanol–water partition coefficient (Wildman–Crippen LogP) is 2.56. The van der Waals surface area contributed by atoms with Gasteiger partial charge in [-0.1, -0.05) is 30.3 Å². The van der Waals surface area contributed by atoms with E-state index in [0.29, 0.717) is 5.69 Å². The number of hydrogen-bond donors (Lipinski definition) is 2. The smallest absolute Gasteiger partial charge is 0.358 e. The fraction of sp³-hybridized carbons (Fsp3) is 0.154. The van der Waals surface area contributed by atoms with Gasteiger partial charge in [-0.15, -0.1) is 0 Å². The molecular formula is C13H13NO3. The van der Waals surface area contributed by atoms with Gasteiger partial charge in [0.15, 0.2) is 5.69 Å². The van der Waals surface area contributed by atoms with E-state index in [1.165, 1.54) is 6.07 Å². The molecule has 0 fully saturated rings. The molecule has 2 N–H and O–H groups in total. The highest BCUT2D eigenvalue weighted by Gasteiger charge is 2.16. The van der Waals surface area contributed by atoms with Crippen molar-refractivity contribution in [1.29, 1.82) is 0 Å². The molecule has 2 aromatic rings. The minimum absolute atomic E-state index is 0.0886. The van der Waals surface area contributed by atoms with Gasteiger partial charge < -0.3 is 14.8 Å². The van der Waals surface area contributed by atoms with Gasteiger partial charge in [0, 0.05) is 11.8 Å². The number of carbonyl (C=O) groups excluding carboxylic acids is 1. The molecule has 0 atom stereocenters. The lowest BCUT2D eigenvalue weighted by molar-refractivity contribution is 0.0517. The van der Waals surface area contributed by atoms with Gasteiger partial charge in [0.2, 0.25) is 0 Å². The van der Waals surface area contributed by atoms with Gasteiger partial charge in [0.25, 0.3) is 0 Å². The van der Waals surface area contributed by atoms with Crippen LogP contribution in [0.15, 0.2) is 36.4 Å². The maximum absolute atomic E-state index is 11.5. The number of rotatable bonds is 3. The van der Waals surface area contributed by atoms with Crippen molar-refractivity contribution in [2.24, 2.45) is 0 Å². The van der Waals surface area contributed by atoms with E-state index in [0.717, 1.165) is 5.56 Å². The van der Waals surface area contributed by atoms with E-state index >= 15 is 0 Å². The largest absolute Gasteiger partial charge is 0.505 e. The van der Waals surface area contributed by atoms with E-state index in [2.05, 4.69) is 4.98 Å². The van der Waals surface area contributed by atoms with Crippen molar-refractivity contribution in [2.45, 2.75) is 6.92 Å². The highest BCUT2D eigenvalue weighted by molar-refractivity contribution is 5.92. The first-order valence-corrected chi connectivity index (χ1v) is 5.37. The molecule has 2 rings (SSSR count). The Morgan fingerprint density at radius 2 is 2.06 bits per heavy atom. The van der Waals surface area contributed by atoms with Crippen LogP contribution in [0.25, 0.3) is 11.3 Å². The van der Waals surface area contributed by atoms with Crippen LogP contribution in [-0.4, -0.2) is 22.7 Å². The highest BCUT2D eigenvalue weighted by atomic mass is 16.5. The predicted molar refractivity (Wildman–Crippen MR) is 63.9 cm³/mol. The van der Waals surface area contributed by atoms with Crippen molar-refractivity contribution in [3.8, 4) is 17.0 Å². The van der Waals surface area contributed by atoms with E-state index in [1.54, 1.807) is 6.92 Å². The van der Waals surface area contributed by atoms with E-state index in [1.807, 2.05) is 30.3 Å². The average molecular weight is 231 g/mol. The second kappa shape index (κ2) is 4.74. The zero-order valence-corrected chi connectivity index (χ0v) is 9.43. The maximum atomic E-state index is 11.5. The molecule has 88 valence electrons. The van der Waals surface area contributed by atoms with Crippen molar-refractivity contribution in [2.75, 3.05) is 6.61 Å². The first-order chi connectivity index (χ1) is 8.22. The number of aromatic amines is 1. The van der Waals surface area contributed by atoms with Crippen LogP contribution >= 0.6 is 0 Å². The summed E-state index contributed by atoms with van der Waals surface area (Å²) in [5.41, 5.74) is 1.68. The van der Waals surface area contributed by atoms with E-state index < -0.39 is 5.97 Å². The Balaban J connectivity index is 2.34. The number of esters is 1. The van der Waals surface area contributed by atoms with Crippen LogP contribution in [0.4, 0.5) is 0 Å². The second-order valence-corrected chi connectivity index (χ2v) is 3.53. The Kier molecular flexibility index (Phi) is 3.14. The van der Waals surface area contributed by atoms with Gasteiger partial charge in [-0.05, 0) is 12.5 Å². The zero-order valence-electron chi connectivity index (χ0n) is 9.43. The summed E-state index contributed by atoms with van der Waals surface area (Å²) in [6.07, 6.45) is 0. The summed E-state index contributed by atoms with van der Waals surface area (Å²) in [6.45, 7) is 1.99. The fourth-order valence-electron chi connectivity index (χ4n) is 1.58. The Bertz CT molecular complexity index is 517. The molecule has 0 saturated heterocycles. The van der Waals surface area contributed by atoms with Gasteiger partial charge in [-0.25, -0.2) is 4.79 Å². The van der Waals surface area contributed by atoms with Crippen molar-refractivity contribution < 1.29 is 14.6 Å². The van der Waals surface area contributed by atoms with Crippen LogP contribution in [0.3, 0.4) is 0 Å². The van der Waals surface area contributed by atoms with Gasteiger partial charge in [0.1, 0.15) is 5.75 Å². The number of ether oxygens (including phenoxy) is 1. The van der Waals surface area contributed by atoms with Crippen molar-refractivity contribution >= 4 is 5.97 Å². The normalized spacial score (nSPS) is 10.2. The summed E-state index contributed by atoms with van der Waals surface area (Å²) in [6, 6.07) is 11.0. The Labute approximate surface area is 98.9 Å². The van der Waals surface area contributed by atoms with E-state index in [9.17, 15) is 9.90 Å². The summed E-state index contributed by atoms with van der Waals surface area (Å²) in [5, 5.41) is 9.66. The molecule has 1 heterocycles. The standard InChI is InChI=1S/C13H13NO3/c1-2-17-13(16)12-11(15)8-10(14-12)9-6-4-3-5-7-9/h3-8,14-15H,2H2,1H3. The molecule has 1 aromatic heterocycles. The SMILES string of the molecule is CCOC(=O)c1[nH]c(-c2ccccc2)cc1O. The van der Waals surface area contributed by atoms with Crippen molar-refractivity contribution in [1.82, 2.24) is 4.98 Å². The molecule has 0 amide bonds. The van der Waals surface area contributed by atoms with Crippen LogP contribution in [-0.2, 0) is 4.74 Å². The highest BCUT2D eigenvalue weighted by Crippen LogP contribution is 2.26. The molecular weight excluding hydrogens is 218 g/mol. The van der Waals surface area contributed by atoms with Crippen LogP contribution < -0.4 is 0 Å². The fourth-order valence-corrected chi connectivity index (χ4v) is 1.58. The number of aromatic nitrogens is 1. The monoisotopic (exact) mass is 231 g/mol. The first kappa shape index (κ1) is 11.3. The lowest BCUT2D eigenvalue weighted by Crippen LogP contribution is -2.05. The second-order valence-electron chi connectivity index (χ2n) is 3.53. The molecule has 0 radical (unpaired) electrons. The molecule has 0 aliphatic heterocycles. The number of H-pyrrole nitrogens is 1. The minimum Gasteiger partial charge on any atom is -0.505 e. The third-order valence-electron chi connectivity index (χ3n) is 2.36. The molecule has 4 nitrogen and oxygen atoms in total. The molecule has 17 heavy (non-hydrogen) atoms. The molecule has 0 bridgehead atoms. The number of hydrogen-bond acceptors (Lipinski definition) is 3. The topological polar surface area (TPSA) is 62.3 Å². The number of nitrogens with one attached hydrogen (secondary N) is 1. The van der Waals surface area contributed by atoms with Crippen LogP contribution in [0.2, 0.25) is 0 Å². The molecule has 0 aliphatic rings. The van der Waals surface area contributed by atoms with Gasteiger partial charge in [-0.2, -0.15) is 0 Å². The maximum Gasteiger partial charge on any atom is 0.358 e. The van der Waals surface area contributed by atoms with E-state index in [-0.39, 0.29) is 18.1 Å². The van der Waals surface area contributed by atoms with Gasteiger partial charge in [-0.3, -0.25) is 0 Å². The van der Waals surface area contributed by atoms with Crippen LogP contribution in [0.1, 0.15) is 17.4 Å². The summed E-state index contributed by atoms with van der Waals surface area (Å²) >= 11 is 0. The summed E-state index contributed by atoms with van der Waals surface area (Å²) in [4.78, 5) is 14.4. The van der Waals surface area contributed by atoms with Gasteiger partial charge >= 0.3 is 5.97 Å². The number of aromatic hydroxyl groups is 1. The molecule has 4 heteroatoms. The molecule has 1 aromatic carbocycles. The third kappa shape index (κ3) is 2.30. The third-order valence-corrected chi connectivity index (χ3v) is 2.36. The molecule has 0 aliphatic carbocycles. The van der Waals surface area contributed by atoms with Crippen molar-refractivity contribution in [3.63, 3.8) is 0 Å². The van der Waals surface area contributed by atoms with Gasteiger partial charge in [0.05, 0.1) is 6.61 Å². The summed E-state index contributed by atoms with van der Waals surface area (Å²) < 4.78 is 4.83. The Hall–Kier alpha value is -2.23. The molecule has 0 unspecified atom stereocenters. The first-order valence-electron chi connectivity index (χ1n) is 5.37. The zero-order chi connectivity index (χ0) is 12.3. The van der Waals surface area contributed by atoms with Crippen LogP contribution in [0, 0.1) is 0 Å². The Morgan fingerprint density at radius 3 is 2.71 bits per heavy atom. The van der Waals surface area contributed by atoms with E-state index in [4.69, 9.17) is 4.74 Å². The number of benzene rings is 1. The summed E-state index contributed by atoms with van der Waals surface area (Å²) in [7, 11) is 0. The Morgan fingerprint density at radius 1 is 1.35 bits per heavy atom. The summed E-state index contributed by atoms with van der Waals surface area (Å²) in [5.74, 6) is -0.644. The lowest BCUT2D eigenvalue weighted by atomic mass is 10.2. The van der Waals surface area contributed by atoms with Crippen LogP contribution in [0.5, 0.6) is 5.75 Å². The minimum atomic E-state index is -0.549. The lowest BCUT2D eigenvalue weighted by Gasteiger charge is -1.99. The molecule has 0 saturated carbocycles. The van der Waals surface area contributed by atoms with Crippen molar-refractivity contribution in [3.05, 3.63) is 42.1 Å². The number of carbonyl (C=O) groups is 1. The average Bonchev–Trinajstić information content (AvgIpc) is 2.73. The molecule has 0 spiro atoms. The quantitative estimate of drug-likeness (QED) is 0.798.